The first kappa shape index (κ1) is 14.8. The van der Waals surface area contributed by atoms with E-state index in [1.807, 2.05) is 6.92 Å². The fourth-order valence-electron chi connectivity index (χ4n) is 2.22. The second-order valence-corrected chi connectivity index (χ2v) is 5.20. The lowest BCUT2D eigenvalue weighted by atomic mass is 10.1. The summed E-state index contributed by atoms with van der Waals surface area (Å²) in [5.41, 5.74) is 1.47. The summed E-state index contributed by atoms with van der Waals surface area (Å²) in [5.74, 6) is -0.347. The first-order valence-corrected chi connectivity index (χ1v) is 6.85. The summed E-state index contributed by atoms with van der Waals surface area (Å²) in [6.07, 6.45) is 0. The Morgan fingerprint density at radius 2 is 1.80 bits per heavy atom. The van der Waals surface area contributed by atoms with Gasteiger partial charge in [0.2, 0.25) is 5.91 Å². The van der Waals surface area contributed by atoms with Crippen molar-refractivity contribution in [2.24, 2.45) is 0 Å². The molecule has 1 heterocycles. The molecule has 2 amide bonds. The molecule has 1 saturated heterocycles. The van der Waals surface area contributed by atoms with Crippen LogP contribution in [-0.2, 0) is 4.79 Å². The van der Waals surface area contributed by atoms with Crippen molar-refractivity contribution in [3.05, 3.63) is 34.3 Å². The minimum Gasteiger partial charge on any atom is -0.387 e. The third-order valence-corrected chi connectivity index (χ3v) is 3.88. The van der Waals surface area contributed by atoms with Crippen LogP contribution in [0.2, 0.25) is 5.02 Å². The summed E-state index contributed by atoms with van der Waals surface area (Å²) in [6.45, 7) is 3.25. The molecule has 2 rings (SSSR count). The number of piperazine rings is 1. The van der Waals surface area contributed by atoms with E-state index in [4.69, 9.17) is 16.7 Å². The van der Waals surface area contributed by atoms with Crippen molar-refractivity contribution >= 4 is 23.4 Å². The van der Waals surface area contributed by atoms with E-state index >= 15 is 0 Å². The van der Waals surface area contributed by atoms with Gasteiger partial charge in [-0.2, -0.15) is 0 Å². The molecular formula is C14H17ClN2O3. The van der Waals surface area contributed by atoms with Crippen molar-refractivity contribution in [2.75, 3.05) is 32.8 Å². The molecule has 6 heteroatoms. The molecule has 1 fully saturated rings. The number of aliphatic hydroxyl groups is 1. The first-order valence-electron chi connectivity index (χ1n) is 6.47. The molecule has 0 spiro atoms. The molecule has 0 saturated carbocycles. The molecule has 1 aliphatic rings. The highest BCUT2D eigenvalue weighted by Crippen LogP contribution is 2.18. The van der Waals surface area contributed by atoms with Crippen LogP contribution in [0.5, 0.6) is 0 Å². The second-order valence-electron chi connectivity index (χ2n) is 4.80. The van der Waals surface area contributed by atoms with Crippen LogP contribution in [0.25, 0.3) is 0 Å². The third-order valence-electron chi connectivity index (χ3n) is 3.46. The number of amides is 2. The van der Waals surface area contributed by atoms with E-state index in [0.29, 0.717) is 36.8 Å². The number of carbonyl (C=O) groups excluding carboxylic acids is 2. The van der Waals surface area contributed by atoms with Gasteiger partial charge in [-0.3, -0.25) is 9.59 Å². The van der Waals surface area contributed by atoms with Crippen LogP contribution < -0.4 is 0 Å². The number of aryl methyl sites for hydroxylation is 1. The van der Waals surface area contributed by atoms with Gasteiger partial charge in [0.1, 0.15) is 6.61 Å². The normalized spacial score (nSPS) is 15.3. The van der Waals surface area contributed by atoms with E-state index in [1.54, 1.807) is 28.0 Å². The maximum atomic E-state index is 12.3. The summed E-state index contributed by atoms with van der Waals surface area (Å²) < 4.78 is 0. The lowest BCUT2D eigenvalue weighted by molar-refractivity contribution is -0.135. The maximum absolute atomic E-state index is 12.3. The quantitative estimate of drug-likeness (QED) is 0.883. The van der Waals surface area contributed by atoms with Crippen LogP contribution in [0.1, 0.15) is 15.9 Å². The van der Waals surface area contributed by atoms with Gasteiger partial charge in [0, 0.05) is 36.8 Å². The molecular weight excluding hydrogens is 280 g/mol. The standard InChI is InChI=1S/C14H17ClN2O3/c1-10-8-11(2-3-12(10)15)14(20)17-6-4-16(5-7-17)13(19)9-18/h2-3,8,18H,4-7,9H2,1H3. The number of benzene rings is 1. The van der Waals surface area contributed by atoms with E-state index in [9.17, 15) is 9.59 Å². The van der Waals surface area contributed by atoms with Crippen LogP contribution in [0.15, 0.2) is 18.2 Å². The largest absolute Gasteiger partial charge is 0.387 e. The molecule has 0 bridgehead atoms. The van der Waals surface area contributed by atoms with Crippen LogP contribution in [0.4, 0.5) is 0 Å². The molecule has 0 atom stereocenters. The second kappa shape index (κ2) is 6.24. The Balaban J connectivity index is 2.01. The van der Waals surface area contributed by atoms with E-state index in [-0.39, 0.29) is 11.8 Å². The highest BCUT2D eigenvalue weighted by molar-refractivity contribution is 6.31. The Labute approximate surface area is 122 Å². The minimum atomic E-state index is -0.482. The Bertz CT molecular complexity index is 525. The predicted octanol–water partition coefficient (Wildman–Crippen LogP) is 0.925. The molecule has 1 aromatic carbocycles. The van der Waals surface area contributed by atoms with Crippen molar-refractivity contribution in [3.63, 3.8) is 0 Å². The number of hydrogen-bond acceptors (Lipinski definition) is 3. The highest BCUT2D eigenvalue weighted by Gasteiger charge is 2.24. The molecule has 1 aliphatic heterocycles. The molecule has 0 aromatic heterocycles. The molecule has 0 aliphatic carbocycles. The number of halogens is 1. The number of rotatable bonds is 2. The zero-order valence-corrected chi connectivity index (χ0v) is 12.1. The summed E-state index contributed by atoms with van der Waals surface area (Å²) in [5, 5.41) is 9.45. The first-order chi connectivity index (χ1) is 9.52. The van der Waals surface area contributed by atoms with Gasteiger partial charge in [0.25, 0.3) is 5.91 Å². The SMILES string of the molecule is Cc1cc(C(=O)N2CCN(C(=O)CO)CC2)ccc1Cl. The topological polar surface area (TPSA) is 60.9 Å². The Morgan fingerprint density at radius 1 is 1.20 bits per heavy atom. The van der Waals surface area contributed by atoms with Crippen LogP contribution >= 0.6 is 11.6 Å². The molecule has 108 valence electrons. The molecule has 20 heavy (non-hydrogen) atoms. The van der Waals surface area contributed by atoms with Gasteiger partial charge in [-0.1, -0.05) is 11.6 Å². The number of carbonyl (C=O) groups is 2. The summed E-state index contributed by atoms with van der Waals surface area (Å²) in [7, 11) is 0. The zero-order chi connectivity index (χ0) is 14.7. The van der Waals surface area contributed by atoms with Gasteiger partial charge in [-0.05, 0) is 30.7 Å². The monoisotopic (exact) mass is 296 g/mol. The Hall–Kier alpha value is -1.59. The summed E-state index contributed by atoms with van der Waals surface area (Å²) >= 11 is 5.95. The van der Waals surface area contributed by atoms with E-state index in [0.717, 1.165) is 5.56 Å². The molecule has 0 radical (unpaired) electrons. The molecule has 1 N–H and O–H groups in total. The smallest absolute Gasteiger partial charge is 0.253 e. The highest BCUT2D eigenvalue weighted by atomic mass is 35.5. The van der Waals surface area contributed by atoms with Gasteiger partial charge in [0.15, 0.2) is 0 Å². The van der Waals surface area contributed by atoms with Crippen molar-refractivity contribution in [2.45, 2.75) is 6.92 Å². The fourth-order valence-corrected chi connectivity index (χ4v) is 2.34. The maximum Gasteiger partial charge on any atom is 0.253 e. The van der Waals surface area contributed by atoms with E-state index in [2.05, 4.69) is 0 Å². The fraction of sp³-hybridized carbons (Fsp3) is 0.429. The number of hydrogen-bond donors (Lipinski definition) is 1. The van der Waals surface area contributed by atoms with Crippen molar-refractivity contribution in [3.8, 4) is 0 Å². The molecule has 5 nitrogen and oxygen atoms in total. The van der Waals surface area contributed by atoms with Crippen molar-refractivity contribution in [1.29, 1.82) is 0 Å². The van der Waals surface area contributed by atoms with Gasteiger partial charge < -0.3 is 14.9 Å². The van der Waals surface area contributed by atoms with Gasteiger partial charge in [0.05, 0.1) is 0 Å². The average Bonchev–Trinajstić information content (AvgIpc) is 2.48. The van der Waals surface area contributed by atoms with Crippen LogP contribution in [0, 0.1) is 6.92 Å². The van der Waals surface area contributed by atoms with Gasteiger partial charge in [-0.25, -0.2) is 0 Å². The van der Waals surface area contributed by atoms with Gasteiger partial charge >= 0.3 is 0 Å². The minimum absolute atomic E-state index is 0.0548. The number of nitrogens with zero attached hydrogens (tertiary/aromatic N) is 2. The number of aliphatic hydroxyl groups excluding tert-OH is 1. The van der Waals surface area contributed by atoms with E-state index < -0.39 is 6.61 Å². The average molecular weight is 297 g/mol. The Morgan fingerprint density at radius 3 is 2.35 bits per heavy atom. The van der Waals surface area contributed by atoms with Crippen LogP contribution in [0.3, 0.4) is 0 Å². The summed E-state index contributed by atoms with van der Waals surface area (Å²) in [4.78, 5) is 27.0. The molecule has 0 unspecified atom stereocenters. The predicted molar refractivity (Wildman–Crippen MR) is 75.8 cm³/mol. The van der Waals surface area contributed by atoms with E-state index in [1.165, 1.54) is 0 Å². The van der Waals surface area contributed by atoms with Gasteiger partial charge in [-0.15, -0.1) is 0 Å². The lowest BCUT2D eigenvalue weighted by Crippen LogP contribution is -2.51. The third kappa shape index (κ3) is 3.11. The van der Waals surface area contributed by atoms with Crippen molar-refractivity contribution < 1.29 is 14.7 Å². The van der Waals surface area contributed by atoms with Crippen LogP contribution in [-0.4, -0.2) is 59.5 Å². The van der Waals surface area contributed by atoms with Crippen molar-refractivity contribution in [1.82, 2.24) is 9.80 Å². The lowest BCUT2D eigenvalue weighted by Gasteiger charge is -2.34. The molecule has 1 aromatic rings. The Kier molecular flexibility index (Phi) is 4.62. The summed E-state index contributed by atoms with van der Waals surface area (Å²) in [6, 6.07) is 5.20. The zero-order valence-electron chi connectivity index (χ0n) is 11.3.